The summed E-state index contributed by atoms with van der Waals surface area (Å²) in [4.78, 5) is 51.2. The topological polar surface area (TPSA) is 102 Å². The number of amides is 3. The fraction of sp³-hybridized carbons (Fsp3) is 0.333. The molecule has 1 N–H and O–H groups in total. The quantitative estimate of drug-likeness (QED) is 0.705. The van der Waals surface area contributed by atoms with Crippen LogP contribution < -0.4 is 10.1 Å². The molecule has 1 saturated heterocycles. The van der Waals surface area contributed by atoms with E-state index < -0.39 is 24.4 Å². The van der Waals surface area contributed by atoms with Crippen LogP contribution in [0.15, 0.2) is 41.8 Å². The van der Waals surface area contributed by atoms with Gasteiger partial charge in [-0.2, -0.15) is 0 Å². The maximum absolute atomic E-state index is 12.3. The molecule has 1 aliphatic heterocycles. The number of hydrogen-bond donors (Lipinski definition) is 1. The maximum atomic E-state index is 12.3. The number of nitrogens with zero attached hydrogens (tertiary/aromatic N) is 1. The van der Waals surface area contributed by atoms with Crippen LogP contribution in [0.1, 0.15) is 32.9 Å². The van der Waals surface area contributed by atoms with E-state index in [0.717, 1.165) is 0 Å². The van der Waals surface area contributed by atoms with Crippen LogP contribution in [-0.2, 0) is 14.3 Å². The zero-order valence-electron chi connectivity index (χ0n) is 16.5. The van der Waals surface area contributed by atoms with Crippen LogP contribution in [-0.4, -0.2) is 55.4 Å². The molecule has 0 atom stereocenters. The number of nitrogens with one attached hydrogen (secondary N) is 1. The monoisotopic (exact) mass is 430 g/mol. The molecule has 3 rings (SSSR count). The van der Waals surface area contributed by atoms with Crippen molar-refractivity contribution in [2.75, 3.05) is 26.8 Å². The summed E-state index contributed by atoms with van der Waals surface area (Å²) in [6, 6.07) is 10.1. The van der Waals surface area contributed by atoms with Gasteiger partial charge in [0.1, 0.15) is 5.75 Å². The van der Waals surface area contributed by atoms with Crippen LogP contribution in [0.3, 0.4) is 0 Å². The molecule has 0 aliphatic carbocycles. The lowest BCUT2D eigenvalue weighted by molar-refractivity contribution is -0.153. The molecule has 1 fully saturated rings. The number of carbonyl (C=O) groups excluding carboxylic acids is 4. The summed E-state index contributed by atoms with van der Waals surface area (Å²) in [6.07, 6.45) is 0.940. The van der Waals surface area contributed by atoms with Gasteiger partial charge in [0.25, 0.3) is 17.7 Å². The molecule has 2 aromatic rings. The summed E-state index contributed by atoms with van der Waals surface area (Å²) in [5, 5.41) is 4.03. The standard InChI is InChI=1S/C21H22N2O6S/c1-28-16-6-3-2-5-15(16)19(25)22-18(24)13-29-21(27)14-8-10-23(11-9-14)20(26)17-7-4-12-30-17/h2-7,12,14H,8-11,13H2,1H3,(H,22,24,25). The van der Waals surface area contributed by atoms with Gasteiger partial charge in [0.2, 0.25) is 0 Å². The lowest BCUT2D eigenvalue weighted by Gasteiger charge is -2.30. The average molecular weight is 430 g/mol. The average Bonchev–Trinajstić information content (AvgIpc) is 3.32. The number of ether oxygens (including phenoxy) is 2. The Labute approximate surface area is 177 Å². The molecule has 0 bridgehead atoms. The number of piperidine rings is 1. The Bertz CT molecular complexity index is 919. The molecule has 8 nitrogen and oxygen atoms in total. The largest absolute Gasteiger partial charge is 0.496 e. The second kappa shape index (κ2) is 10.0. The molecule has 0 spiro atoms. The second-order valence-electron chi connectivity index (χ2n) is 6.73. The third kappa shape index (κ3) is 5.24. The van der Waals surface area contributed by atoms with E-state index >= 15 is 0 Å². The Kier molecular flexibility index (Phi) is 7.18. The van der Waals surface area contributed by atoms with Crippen LogP contribution in [0.25, 0.3) is 0 Å². The maximum Gasteiger partial charge on any atom is 0.309 e. The Hall–Kier alpha value is -3.20. The van der Waals surface area contributed by atoms with Gasteiger partial charge >= 0.3 is 5.97 Å². The SMILES string of the molecule is COc1ccccc1C(=O)NC(=O)COC(=O)C1CCN(C(=O)c2cccs2)CC1. The van der Waals surface area contributed by atoms with Crippen molar-refractivity contribution >= 4 is 35.0 Å². The van der Waals surface area contributed by atoms with E-state index in [-0.39, 0.29) is 17.4 Å². The molecule has 3 amide bonds. The normalized spacial score (nSPS) is 14.1. The third-order valence-electron chi connectivity index (χ3n) is 4.80. The molecule has 1 aliphatic rings. The van der Waals surface area contributed by atoms with Crippen LogP contribution >= 0.6 is 11.3 Å². The van der Waals surface area contributed by atoms with Crippen LogP contribution in [0.5, 0.6) is 5.75 Å². The van der Waals surface area contributed by atoms with Gasteiger partial charge in [-0.1, -0.05) is 18.2 Å². The van der Waals surface area contributed by atoms with Gasteiger partial charge in [-0.25, -0.2) is 0 Å². The minimum Gasteiger partial charge on any atom is -0.496 e. The van der Waals surface area contributed by atoms with Gasteiger partial charge in [0.15, 0.2) is 6.61 Å². The predicted molar refractivity (Wildman–Crippen MR) is 109 cm³/mol. The smallest absolute Gasteiger partial charge is 0.309 e. The number of thiophene rings is 1. The zero-order chi connectivity index (χ0) is 21.5. The van der Waals surface area contributed by atoms with Crippen molar-refractivity contribution in [3.63, 3.8) is 0 Å². The van der Waals surface area contributed by atoms with E-state index in [1.54, 1.807) is 29.2 Å². The number of para-hydroxylation sites is 1. The van der Waals surface area contributed by atoms with E-state index in [1.807, 2.05) is 11.4 Å². The van der Waals surface area contributed by atoms with Gasteiger partial charge in [0, 0.05) is 13.1 Å². The predicted octanol–water partition coefficient (Wildman–Crippen LogP) is 2.11. The summed E-state index contributed by atoms with van der Waals surface area (Å²) in [5.41, 5.74) is 0.211. The highest BCUT2D eigenvalue weighted by atomic mass is 32.1. The van der Waals surface area contributed by atoms with E-state index in [1.165, 1.54) is 24.5 Å². The molecule has 158 valence electrons. The minimum absolute atomic E-state index is 0.0361. The van der Waals surface area contributed by atoms with E-state index in [4.69, 9.17) is 9.47 Å². The van der Waals surface area contributed by atoms with Gasteiger partial charge in [-0.05, 0) is 36.4 Å². The van der Waals surface area contributed by atoms with Gasteiger partial charge in [-0.15, -0.1) is 11.3 Å². The molecule has 30 heavy (non-hydrogen) atoms. The van der Waals surface area contributed by atoms with Crippen molar-refractivity contribution in [3.8, 4) is 5.75 Å². The Morgan fingerprint density at radius 1 is 1.10 bits per heavy atom. The first-order valence-corrected chi connectivity index (χ1v) is 10.3. The van der Waals surface area contributed by atoms with Crippen molar-refractivity contribution in [2.45, 2.75) is 12.8 Å². The first-order valence-electron chi connectivity index (χ1n) is 9.46. The Balaban J connectivity index is 1.43. The van der Waals surface area contributed by atoms with Crippen LogP contribution in [0.4, 0.5) is 0 Å². The third-order valence-corrected chi connectivity index (χ3v) is 5.66. The number of methoxy groups -OCH3 is 1. The fourth-order valence-electron chi connectivity index (χ4n) is 3.19. The second-order valence-corrected chi connectivity index (χ2v) is 7.68. The van der Waals surface area contributed by atoms with Crippen molar-refractivity contribution in [2.24, 2.45) is 5.92 Å². The van der Waals surface area contributed by atoms with Crippen molar-refractivity contribution in [3.05, 3.63) is 52.2 Å². The number of carbonyl (C=O) groups is 4. The van der Waals surface area contributed by atoms with Crippen molar-refractivity contribution in [1.82, 2.24) is 10.2 Å². The molecular formula is C21H22N2O6S. The number of rotatable bonds is 6. The number of benzene rings is 1. The summed E-state index contributed by atoms with van der Waals surface area (Å²) >= 11 is 1.39. The number of hydrogen-bond acceptors (Lipinski definition) is 7. The highest BCUT2D eigenvalue weighted by Gasteiger charge is 2.29. The summed E-state index contributed by atoms with van der Waals surface area (Å²) < 4.78 is 10.2. The highest BCUT2D eigenvalue weighted by molar-refractivity contribution is 7.12. The summed E-state index contributed by atoms with van der Waals surface area (Å²) in [5.74, 6) is -1.93. The van der Waals surface area contributed by atoms with Gasteiger partial charge < -0.3 is 14.4 Å². The zero-order valence-corrected chi connectivity index (χ0v) is 17.3. The lowest BCUT2D eigenvalue weighted by Crippen LogP contribution is -2.41. The fourth-order valence-corrected chi connectivity index (χ4v) is 3.88. The highest BCUT2D eigenvalue weighted by Crippen LogP contribution is 2.22. The van der Waals surface area contributed by atoms with Crippen molar-refractivity contribution < 1.29 is 28.7 Å². The molecule has 0 unspecified atom stereocenters. The molecule has 1 aromatic heterocycles. The minimum atomic E-state index is -0.718. The molecular weight excluding hydrogens is 408 g/mol. The Morgan fingerprint density at radius 2 is 1.83 bits per heavy atom. The lowest BCUT2D eigenvalue weighted by atomic mass is 9.97. The van der Waals surface area contributed by atoms with E-state index in [2.05, 4.69) is 5.32 Å². The molecule has 9 heteroatoms. The van der Waals surface area contributed by atoms with Crippen LogP contribution in [0.2, 0.25) is 0 Å². The summed E-state index contributed by atoms with van der Waals surface area (Å²) in [7, 11) is 1.43. The Morgan fingerprint density at radius 3 is 2.50 bits per heavy atom. The van der Waals surface area contributed by atoms with Gasteiger partial charge in [0.05, 0.1) is 23.5 Å². The van der Waals surface area contributed by atoms with Gasteiger partial charge in [-0.3, -0.25) is 24.5 Å². The summed E-state index contributed by atoms with van der Waals surface area (Å²) in [6.45, 7) is 0.359. The molecule has 0 saturated carbocycles. The van der Waals surface area contributed by atoms with E-state index in [0.29, 0.717) is 36.6 Å². The van der Waals surface area contributed by atoms with Crippen LogP contribution in [0, 0.1) is 5.92 Å². The number of imide groups is 1. The first kappa shape index (κ1) is 21.5. The molecule has 2 heterocycles. The first-order chi connectivity index (χ1) is 14.5. The molecule has 1 aromatic carbocycles. The number of likely N-dealkylation sites (tertiary alicyclic amines) is 1. The molecule has 0 radical (unpaired) electrons. The number of esters is 1. The van der Waals surface area contributed by atoms with E-state index in [9.17, 15) is 19.2 Å². The van der Waals surface area contributed by atoms with Crippen molar-refractivity contribution in [1.29, 1.82) is 0 Å².